The first kappa shape index (κ1) is 18.1. The second kappa shape index (κ2) is 7.67. The number of benzene rings is 2. The summed E-state index contributed by atoms with van der Waals surface area (Å²) in [5.41, 5.74) is 1.97. The van der Waals surface area contributed by atoms with Crippen LogP contribution in [-0.2, 0) is 21.4 Å². The Morgan fingerprint density at radius 2 is 1.81 bits per heavy atom. The summed E-state index contributed by atoms with van der Waals surface area (Å²) >= 11 is 1.47. The maximum atomic E-state index is 12.3. The number of hydrogen-bond acceptors (Lipinski definition) is 6. The molecule has 0 fully saturated rings. The molecule has 0 aliphatic carbocycles. The first-order chi connectivity index (χ1) is 12.4. The van der Waals surface area contributed by atoms with Crippen molar-refractivity contribution in [3.63, 3.8) is 0 Å². The first-order valence-corrected chi connectivity index (χ1v) is 10.4. The van der Waals surface area contributed by atoms with Crippen molar-refractivity contribution < 1.29 is 17.9 Å². The van der Waals surface area contributed by atoms with Gasteiger partial charge in [0.1, 0.15) is 11.6 Å². The molecular formula is C18H16N2O4S2. The molecule has 8 heteroatoms. The van der Waals surface area contributed by atoms with Gasteiger partial charge >= 0.3 is 5.97 Å². The molecule has 6 nitrogen and oxygen atoms in total. The number of carbonyl (C=O) groups is 1. The molecule has 0 atom stereocenters. The Morgan fingerprint density at radius 3 is 2.54 bits per heavy atom. The lowest BCUT2D eigenvalue weighted by atomic mass is 10.2. The van der Waals surface area contributed by atoms with Crippen LogP contribution < -0.4 is 4.72 Å². The summed E-state index contributed by atoms with van der Waals surface area (Å²) < 4.78 is 30.4. The Bertz CT molecular complexity index is 1010. The van der Waals surface area contributed by atoms with E-state index in [9.17, 15) is 13.2 Å². The summed E-state index contributed by atoms with van der Waals surface area (Å²) in [5, 5.41) is 2.67. The number of rotatable bonds is 6. The highest BCUT2D eigenvalue weighted by molar-refractivity contribution is 7.92. The van der Waals surface area contributed by atoms with Gasteiger partial charge in [0.25, 0.3) is 0 Å². The van der Waals surface area contributed by atoms with E-state index in [4.69, 9.17) is 4.74 Å². The quantitative estimate of drug-likeness (QED) is 0.653. The number of sulfonamides is 1. The molecule has 0 radical (unpaired) electrons. The third kappa shape index (κ3) is 4.68. The van der Waals surface area contributed by atoms with Gasteiger partial charge < -0.3 is 4.74 Å². The van der Waals surface area contributed by atoms with Gasteiger partial charge in [0.05, 0.1) is 23.2 Å². The molecule has 1 N–H and O–H groups in total. The van der Waals surface area contributed by atoms with Gasteiger partial charge in [-0.2, -0.15) is 0 Å². The van der Waals surface area contributed by atoms with Gasteiger partial charge in [-0.25, -0.2) is 18.2 Å². The lowest BCUT2D eigenvalue weighted by Crippen LogP contribution is -2.14. The fraction of sp³-hybridized carbons (Fsp3) is 0.111. The topological polar surface area (TPSA) is 85.4 Å². The summed E-state index contributed by atoms with van der Waals surface area (Å²) in [7, 11) is -3.50. The van der Waals surface area contributed by atoms with Crippen molar-refractivity contribution >= 4 is 33.0 Å². The average molecular weight is 388 g/mol. The minimum atomic E-state index is -3.50. The largest absolute Gasteiger partial charge is 0.455 e. The molecule has 0 spiro atoms. The second-order valence-electron chi connectivity index (χ2n) is 5.51. The Hall–Kier alpha value is -2.71. The van der Waals surface area contributed by atoms with E-state index in [-0.39, 0.29) is 17.9 Å². The van der Waals surface area contributed by atoms with E-state index in [1.54, 1.807) is 12.1 Å². The maximum Gasteiger partial charge on any atom is 0.340 e. The molecule has 0 saturated heterocycles. The maximum absolute atomic E-state index is 12.3. The number of thiazole rings is 1. The van der Waals surface area contributed by atoms with E-state index in [0.29, 0.717) is 5.69 Å². The van der Waals surface area contributed by atoms with E-state index in [1.165, 1.54) is 23.5 Å². The molecule has 0 unspecified atom stereocenters. The third-order valence-corrected chi connectivity index (χ3v) is 4.90. The van der Waals surface area contributed by atoms with E-state index in [2.05, 4.69) is 9.71 Å². The van der Waals surface area contributed by atoms with Crippen molar-refractivity contribution in [1.82, 2.24) is 4.98 Å². The van der Waals surface area contributed by atoms with Crippen molar-refractivity contribution in [2.24, 2.45) is 0 Å². The van der Waals surface area contributed by atoms with Crippen LogP contribution in [0.5, 0.6) is 0 Å². The fourth-order valence-corrected chi connectivity index (χ4v) is 3.64. The highest BCUT2D eigenvalue weighted by Crippen LogP contribution is 2.24. The number of ether oxygens (including phenoxy) is 1. The Kier molecular flexibility index (Phi) is 5.34. The first-order valence-electron chi connectivity index (χ1n) is 7.66. The number of esters is 1. The third-order valence-electron chi connectivity index (χ3n) is 3.37. The zero-order valence-electron chi connectivity index (χ0n) is 13.9. The predicted octanol–water partition coefficient (Wildman–Crippen LogP) is 3.54. The van der Waals surface area contributed by atoms with Gasteiger partial charge in [0.15, 0.2) is 0 Å². The number of anilines is 1. The Balaban J connectivity index is 1.69. The van der Waals surface area contributed by atoms with Crippen LogP contribution in [0.15, 0.2) is 60.0 Å². The molecule has 2 aromatic carbocycles. The molecule has 1 aromatic heterocycles. The molecule has 26 heavy (non-hydrogen) atoms. The van der Waals surface area contributed by atoms with Crippen LogP contribution >= 0.6 is 11.3 Å². The van der Waals surface area contributed by atoms with E-state index in [0.717, 1.165) is 16.8 Å². The van der Waals surface area contributed by atoms with Crippen molar-refractivity contribution in [2.45, 2.75) is 6.61 Å². The number of aromatic nitrogens is 1. The lowest BCUT2D eigenvalue weighted by molar-refractivity contribution is 0.0470. The van der Waals surface area contributed by atoms with Crippen LogP contribution in [0.2, 0.25) is 0 Å². The van der Waals surface area contributed by atoms with Crippen molar-refractivity contribution in [1.29, 1.82) is 0 Å². The summed E-state index contributed by atoms with van der Waals surface area (Å²) in [6.45, 7) is 0.00930. The summed E-state index contributed by atoms with van der Waals surface area (Å²) in [6.07, 6.45) is 1.02. The molecule has 134 valence electrons. The average Bonchev–Trinajstić information content (AvgIpc) is 3.08. The molecule has 0 aliphatic rings. The smallest absolute Gasteiger partial charge is 0.340 e. The summed E-state index contributed by atoms with van der Waals surface area (Å²) in [6, 6.07) is 16.0. The number of hydrogen-bond donors (Lipinski definition) is 1. The summed E-state index contributed by atoms with van der Waals surface area (Å²) in [4.78, 5) is 16.8. The van der Waals surface area contributed by atoms with Gasteiger partial charge in [-0.3, -0.25) is 4.72 Å². The van der Waals surface area contributed by atoms with Gasteiger partial charge in [0.2, 0.25) is 10.0 Å². The van der Waals surface area contributed by atoms with Gasteiger partial charge in [-0.05, 0) is 12.1 Å². The molecule has 0 aliphatic heterocycles. The Morgan fingerprint density at radius 1 is 1.12 bits per heavy atom. The fourth-order valence-electron chi connectivity index (χ4n) is 2.25. The monoisotopic (exact) mass is 388 g/mol. The van der Waals surface area contributed by atoms with Crippen LogP contribution in [-0.4, -0.2) is 25.6 Å². The lowest BCUT2D eigenvalue weighted by Gasteiger charge is -2.09. The van der Waals surface area contributed by atoms with Crippen molar-refractivity contribution in [3.05, 3.63) is 71.2 Å². The van der Waals surface area contributed by atoms with Crippen LogP contribution in [0, 0.1) is 0 Å². The number of carbonyl (C=O) groups excluding carboxylic acids is 1. The normalized spacial score (nSPS) is 11.1. The zero-order valence-corrected chi connectivity index (χ0v) is 15.5. The number of para-hydroxylation sites is 1. The standard InChI is InChI=1S/C18H16N2O4S2/c1-26(22,23)20-16-10-6-5-9-15(16)18(21)24-11-14-12-25-17(19-14)13-7-3-2-4-8-13/h2-10,12,20H,11H2,1H3. The predicted molar refractivity (Wildman–Crippen MR) is 102 cm³/mol. The molecule has 3 rings (SSSR count). The van der Waals surface area contributed by atoms with Gasteiger partial charge in [-0.15, -0.1) is 11.3 Å². The minimum absolute atomic E-state index is 0.00930. The number of nitrogens with one attached hydrogen (secondary N) is 1. The van der Waals surface area contributed by atoms with Gasteiger partial charge in [0, 0.05) is 10.9 Å². The van der Waals surface area contributed by atoms with Crippen molar-refractivity contribution in [3.8, 4) is 10.6 Å². The molecule has 3 aromatic rings. The summed E-state index contributed by atoms with van der Waals surface area (Å²) in [5.74, 6) is -0.619. The van der Waals surface area contributed by atoms with Crippen LogP contribution in [0.25, 0.3) is 10.6 Å². The highest BCUT2D eigenvalue weighted by Gasteiger charge is 2.15. The van der Waals surface area contributed by atoms with Crippen LogP contribution in [0.3, 0.4) is 0 Å². The SMILES string of the molecule is CS(=O)(=O)Nc1ccccc1C(=O)OCc1csc(-c2ccccc2)n1. The van der Waals surface area contributed by atoms with Crippen molar-refractivity contribution in [2.75, 3.05) is 11.0 Å². The van der Waals surface area contributed by atoms with E-state index in [1.807, 2.05) is 35.7 Å². The highest BCUT2D eigenvalue weighted by atomic mass is 32.2. The van der Waals surface area contributed by atoms with Gasteiger partial charge in [-0.1, -0.05) is 42.5 Å². The molecular weight excluding hydrogens is 372 g/mol. The Labute approximate surface area is 155 Å². The number of nitrogens with zero attached hydrogens (tertiary/aromatic N) is 1. The molecule has 0 saturated carbocycles. The second-order valence-corrected chi connectivity index (χ2v) is 8.11. The minimum Gasteiger partial charge on any atom is -0.455 e. The molecule has 0 bridgehead atoms. The molecule has 0 amide bonds. The van der Waals surface area contributed by atoms with Crippen LogP contribution in [0.1, 0.15) is 16.1 Å². The zero-order chi connectivity index (χ0) is 18.6. The van der Waals surface area contributed by atoms with E-state index >= 15 is 0 Å². The molecule has 1 heterocycles. The van der Waals surface area contributed by atoms with Crippen LogP contribution in [0.4, 0.5) is 5.69 Å². The van der Waals surface area contributed by atoms with E-state index < -0.39 is 16.0 Å².